The highest BCUT2D eigenvalue weighted by atomic mass is 28.3. The van der Waals surface area contributed by atoms with Crippen molar-refractivity contribution in [2.45, 2.75) is 0 Å². The van der Waals surface area contributed by atoms with Gasteiger partial charge in [-0.25, -0.2) is 0 Å². The van der Waals surface area contributed by atoms with E-state index in [9.17, 15) is 5.26 Å². The van der Waals surface area contributed by atoms with Gasteiger partial charge in [0.2, 0.25) is 0 Å². The van der Waals surface area contributed by atoms with Crippen molar-refractivity contribution < 1.29 is 0 Å². The van der Waals surface area contributed by atoms with E-state index < -0.39 is 8.07 Å². The topological polar surface area (TPSA) is 39.9 Å². The van der Waals surface area contributed by atoms with Crippen molar-refractivity contribution in [3.05, 3.63) is 182 Å². The molecule has 216 valence electrons. The summed E-state index contributed by atoms with van der Waals surface area (Å²) >= 11 is 0. The van der Waals surface area contributed by atoms with Crippen LogP contribution in [0.1, 0.15) is 5.56 Å². The fraction of sp³-hybridized carbons (Fsp3) is 0. The minimum absolute atomic E-state index is 0.552. The van der Waals surface area contributed by atoms with Gasteiger partial charge in [-0.2, -0.15) is 5.26 Å². The summed E-state index contributed by atoms with van der Waals surface area (Å²) in [6, 6.07) is 63.2. The number of fused-ring (bicyclic) bond motifs is 2. The molecule has 1 aliphatic heterocycles. The fourth-order valence-corrected chi connectivity index (χ4v) is 12.2. The van der Waals surface area contributed by atoms with E-state index in [1.807, 2.05) is 18.2 Å². The summed E-state index contributed by atoms with van der Waals surface area (Å²) < 4.78 is 0. The lowest BCUT2D eigenvalue weighted by atomic mass is 9.96. The largest absolute Gasteiger partial charge is 0.311 e. The third-order valence-electron chi connectivity index (χ3n) is 9.02. The van der Waals surface area contributed by atoms with E-state index in [4.69, 9.17) is 0 Å². The molecular weight excluding hydrogens is 575 g/mol. The Kier molecular flexibility index (Phi) is 6.87. The molecule has 0 N–H and O–H groups in total. The predicted molar refractivity (Wildman–Crippen MR) is 192 cm³/mol. The van der Waals surface area contributed by atoms with Crippen molar-refractivity contribution in [1.29, 1.82) is 5.26 Å². The summed E-state index contributed by atoms with van der Waals surface area (Å²) in [5, 5.41) is 14.8. The highest BCUT2D eigenvalue weighted by Crippen LogP contribution is 2.40. The molecule has 8 rings (SSSR count). The van der Waals surface area contributed by atoms with Crippen LogP contribution in [-0.4, -0.2) is 13.1 Å². The van der Waals surface area contributed by atoms with E-state index in [1.165, 1.54) is 32.1 Å². The van der Waals surface area contributed by atoms with E-state index >= 15 is 0 Å². The monoisotopic (exact) mass is 603 g/mol. The number of rotatable bonds is 5. The maximum Gasteiger partial charge on any atom is 0.184 e. The molecule has 0 spiro atoms. The molecule has 3 nitrogen and oxygen atoms in total. The van der Waals surface area contributed by atoms with Gasteiger partial charge in [-0.05, 0) is 68.3 Å². The van der Waals surface area contributed by atoms with Gasteiger partial charge in [-0.1, -0.05) is 133 Å². The molecule has 46 heavy (non-hydrogen) atoms. The Morgan fingerprint density at radius 2 is 1.09 bits per heavy atom. The van der Waals surface area contributed by atoms with Crippen molar-refractivity contribution >= 4 is 45.9 Å². The molecule has 0 bridgehead atoms. The molecule has 0 saturated carbocycles. The highest BCUT2D eigenvalue weighted by Gasteiger charge is 2.48. The fourth-order valence-electron chi connectivity index (χ4n) is 7.08. The number of pyridine rings is 1. The number of hydrogen-bond acceptors (Lipinski definition) is 3. The van der Waals surface area contributed by atoms with Crippen LogP contribution >= 0.6 is 0 Å². The first kappa shape index (κ1) is 27.5. The summed E-state index contributed by atoms with van der Waals surface area (Å²) in [6.45, 7) is 0. The number of hydrogen-bond donors (Lipinski definition) is 0. The molecule has 0 saturated heterocycles. The van der Waals surface area contributed by atoms with Crippen molar-refractivity contribution in [3.8, 4) is 28.5 Å². The van der Waals surface area contributed by atoms with Crippen LogP contribution in [-0.2, 0) is 0 Å². The van der Waals surface area contributed by atoms with Gasteiger partial charge in [-0.15, -0.1) is 0 Å². The summed E-state index contributed by atoms with van der Waals surface area (Å²) in [7, 11) is -2.66. The minimum Gasteiger partial charge on any atom is -0.311 e. The number of nitriles is 1. The molecule has 4 heteroatoms. The van der Waals surface area contributed by atoms with Gasteiger partial charge in [0.05, 0.1) is 11.3 Å². The van der Waals surface area contributed by atoms with Crippen molar-refractivity contribution in [1.82, 2.24) is 4.98 Å². The number of anilines is 3. The van der Waals surface area contributed by atoms with E-state index in [0.717, 1.165) is 28.1 Å². The number of nitrogens with zero attached hydrogens (tertiary/aromatic N) is 3. The molecule has 7 aromatic rings. The zero-order valence-corrected chi connectivity index (χ0v) is 26.1. The lowest BCUT2D eigenvalue weighted by molar-refractivity contribution is 1.29. The third-order valence-corrected chi connectivity index (χ3v) is 13.9. The van der Waals surface area contributed by atoms with E-state index in [-0.39, 0.29) is 0 Å². The highest BCUT2D eigenvalue weighted by molar-refractivity contribution is 7.21. The molecule has 0 atom stereocenters. The molecule has 6 aromatic carbocycles. The zero-order valence-electron chi connectivity index (χ0n) is 25.1. The maximum absolute atomic E-state index is 9.30. The Bertz CT molecular complexity index is 2130. The van der Waals surface area contributed by atoms with Crippen LogP contribution in [0, 0.1) is 11.3 Å². The average Bonchev–Trinajstić information content (AvgIpc) is 3.14. The first-order valence-electron chi connectivity index (χ1n) is 15.5. The molecule has 2 heterocycles. The molecule has 1 aliphatic rings. The molecule has 0 unspecified atom stereocenters. The molecular formula is C42H29N3Si. The first-order chi connectivity index (χ1) is 22.8. The van der Waals surface area contributed by atoms with Crippen LogP contribution in [0.5, 0.6) is 0 Å². The first-order valence-corrected chi connectivity index (χ1v) is 17.5. The standard InChI is InChI=1S/C42H29N3Si/c43-29-31-26-27-38(44-30-31)37-21-8-7-20-36(37)32-14-13-15-33(28-32)45-39-22-9-11-24-41(39)46(34-16-3-1-4-17-34,35-18-5-2-6-19-35)42-25-12-10-23-40(42)45/h1-28,30H. The van der Waals surface area contributed by atoms with Crippen LogP contribution < -0.4 is 25.6 Å². The van der Waals surface area contributed by atoms with Gasteiger partial charge >= 0.3 is 0 Å². The normalized spacial score (nSPS) is 12.9. The van der Waals surface area contributed by atoms with Crippen LogP contribution in [0.2, 0.25) is 0 Å². The second-order valence-corrected chi connectivity index (χ2v) is 15.2. The Balaban J connectivity index is 1.35. The smallest absolute Gasteiger partial charge is 0.184 e. The average molecular weight is 604 g/mol. The summed E-state index contributed by atoms with van der Waals surface area (Å²) in [6.07, 6.45) is 1.64. The van der Waals surface area contributed by atoms with Crippen LogP contribution in [0.25, 0.3) is 22.4 Å². The SMILES string of the molecule is N#Cc1ccc(-c2ccccc2-c2cccc(N3c4ccccc4[Si](c4ccccc4)(c4ccccc4)c4ccccc43)c2)nc1. The van der Waals surface area contributed by atoms with E-state index in [1.54, 1.807) is 6.20 Å². The Morgan fingerprint density at radius 1 is 0.522 bits per heavy atom. The molecule has 0 aliphatic carbocycles. The molecule has 0 radical (unpaired) electrons. The van der Waals surface area contributed by atoms with Crippen molar-refractivity contribution in [2.24, 2.45) is 0 Å². The number of para-hydroxylation sites is 2. The number of aromatic nitrogens is 1. The van der Waals surface area contributed by atoms with Crippen LogP contribution in [0.4, 0.5) is 17.1 Å². The van der Waals surface area contributed by atoms with E-state index in [0.29, 0.717) is 5.56 Å². The van der Waals surface area contributed by atoms with Gasteiger partial charge < -0.3 is 4.90 Å². The molecule has 1 aromatic heterocycles. The third kappa shape index (κ3) is 4.37. The Hall–Kier alpha value is -6.02. The Labute approximate surface area is 270 Å². The second-order valence-electron chi connectivity index (χ2n) is 11.5. The minimum atomic E-state index is -2.66. The van der Waals surface area contributed by atoms with E-state index in [2.05, 4.69) is 168 Å². The van der Waals surface area contributed by atoms with Gasteiger partial charge in [0.1, 0.15) is 6.07 Å². The maximum atomic E-state index is 9.30. The zero-order chi connectivity index (χ0) is 30.9. The summed E-state index contributed by atoms with van der Waals surface area (Å²) in [5.41, 5.74) is 8.14. The van der Waals surface area contributed by atoms with Crippen molar-refractivity contribution in [3.63, 3.8) is 0 Å². The summed E-state index contributed by atoms with van der Waals surface area (Å²) in [4.78, 5) is 7.06. The quantitative estimate of drug-likeness (QED) is 0.192. The lowest BCUT2D eigenvalue weighted by Crippen LogP contribution is -2.77. The van der Waals surface area contributed by atoms with Gasteiger partial charge in [0, 0.05) is 28.8 Å². The second kappa shape index (κ2) is 11.5. The van der Waals surface area contributed by atoms with Crippen molar-refractivity contribution in [2.75, 3.05) is 4.90 Å². The molecule has 0 amide bonds. The van der Waals surface area contributed by atoms with Crippen LogP contribution in [0.15, 0.2) is 176 Å². The Morgan fingerprint density at radius 3 is 1.67 bits per heavy atom. The van der Waals surface area contributed by atoms with Gasteiger partial charge in [0.25, 0.3) is 0 Å². The summed E-state index contributed by atoms with van der Waals surface area (Å²) in [5.74, 6) is 0. The van der Waals surface area contributed by atoms with Gasteiger partial charge in [-0.3, -0.25) is 4.98 Å². The molecule has 0 fully saturated rings. The lowest BCUT2D eigenvalue weighted by Gasteiger charge is -2.45. The van der Waals surface area contributed by atoms with Crippen LogP contribution in [0.3, 0.4) is 0 Å². The number of benzene rings is 6. The predicted octanol–water partition coefficient (Wildman–Crippen LogP) is 7.45. The van der Waals surface area contributed by atoms with Gasteiger partial charge in [0.15, 0.2) is 8.07 Å².